The first-order chi connectivity index (χ1) is 16.0. The van der Waals surface area contributed by atoms with Crippen LogP contribution in [0.15, 0.2) is 24.3 Å². The van der Waals surface area contributed by atoms with Crippen LogP contribution in [-0.2, 0) is 11.2 Å². The zero-order valence-corrected chi connectivity index (χ0v) is 19.2. The molecule has 1 aromatic carbocycles. The molecule has 3 heterocycles. The molecule has 2 amide bonds. The first-order valence-corrected chi connectivity index (χ1v) is 12.1. The molecule has 0 spiro atoms. The lowest BCUT2D eigenvalue weighted by Crippen LogP contribution is -2.42. The van der Waals surface area contributed by atoms with Crippen LogP contribution in [0.1, 0.15) is 65.0 Å². The van der Waals surface area contributed by atoms with Crippen molar-refractivity contribution in [2.45, 2.75) is 51.6 Å². The summed E-state index contributed by atoms with van der Waals surface area (Å²) in [6.45, 7) is 4.77. The van der Waals surface area contributed by atoms with Crippen molar-refractivity contribution in [1.82, 2.24) is 15.2 Å². The van der Waals surface area contributed by atoms with E-state index in [-0.39, 0.29) is 18.4 Å². The van der Waals surface area contributed by atoms with E-state index in [1.807, 2.05) is 31.2 Å². The molecule has 2 aromatic rings. The van der Waals surface area contributed by atoms with Crippen LogP contribution in [-0.4, -0.2) is 59.1 Å². The Hall–Kier alpha value is -2.90. The maximum Gasteiger partial charge on any atom is 0.256 e. The third-order valence-corrected chi connectivity index (χ3v) is 7.06. The van der Waals surface area contributed by atoms with Crippen molar-refractivity contribution in [3.63, 3.8) is 0 Å². The number of aliphatic hydroxyl groups excluding tert-OH is 1. The summed E-state index contributed by atoms with van der Waals surface area (Å²) in [5, 5.41) is 16.4. The van der Waals surface area contributed by atoms with Crippen LogP contribution in [0.25, 0.3) is 11.1 Å². The monoisotopic (exact) mass is 448 g/mol. The quantitative estimate of drug-likeness (QED) is 0.529. The Morgan fingerprint density at radius 1 is 1.15 bits per heavy atom. The smallest absolute Gasteiger partial charge is 0.256 e. The van der Waals surface area contributed by atoms with E-state index in [9.17, 15) is 14.7 Å². The Bertz CT molecular complexity index is 1110. The highest BCUT2D eigenvalue weighted by molar-refractivity contribution is 6.36. The van der Waals surface area contributed by atoms with E-state index >= 15 is 0 Å². The third kappa shape index (κ3) is 4.23. The summed E-state index contributed by atoms with van der Waals surface area (Å²) >= 11 is 0. The fraction of sp³-hybridized carbons (Fsp3) is 0.462. The molecule has 1 unspecified atom stereocenters. The number of aryl methyl sites for hydroxylation is 1. The van der Waals surface area contributed by atoms with Gasteiger partial charge in [0, 0.05) is 35.7 Å². The van der Waals surface area contributed by atoms with Crippen molar-refractivity contribution in [2.75, 3.05) is 31.5 Å². The second-order valence-corrected chi connectivity index (χ2v) is 9.41. The molecule has 1 aliphatic carbocycles. The van der Waals surface area contributed by atoms with E-state index in [1.165, 1.54) is 19.3 Å². The van der Waals surface area contributed by atoms with Gasteiger partial charge in [0.05, 0.1) is 17.2 Å². The van der Waals surface area contributed by atoms with E-state index in [2.05, 4.69) is 20.5 Å². The maximum atomic E-state index is 13.1. The molecule has 4 N–H and O–H groups in total. The van der Waals surface area contributed by atoms with Gasteiger partial charge in [-0.3, -0.25) is 9.59 Å². The van der Waals surface area contributed by atoms with Crippen LogP contribution in [0.3, 0.4) is 0 Å². The number of aliphatic hydroxyl groups is 1. The number of carbonyl (C=O) groups is 2. The molecule has 0 radical (unpaired) electrons. The SMILES string of the molecule is Cc1[nH]c2c(c1C(=O)NCC(O)CN1CCCCC1)CCC/C2=C1/C(=O)Nc2ccccc21. The standard InChI is InChI=1S/C26H32N4O3/c1-16-22(25(32)27-14-17(31)15-30-12-5-2-6-13-30)19-9-7-10-20(24(19)28-16)23-18-8-3-4-11-21(18)29-26(23)33/h3-4,8,11,17,28,31H,2,5-7,9-10,12-15H2,1H3,(H,27,32)(H,29,33)/b23-20-. The summed E-state index contributed by atoms with van der Waals surface area (Å²) in [5.41, 5.74) is 6.77. The zero-order valence-electron chi connectivity index (χ0n) is 19.2. The van der Waals surface area contributed by atoms with Gasteiger partial charge in [-0.2, -0.15) is 0 Å². The molecular weight excluding hydrogens is 416 g/mol. The molecule has 2 aliphatic heterocycles. The molecule has 7 heteroatoms. The number of likely N-dealkylation sites (tertiary alicyclic amines) is 1. The van der Waals surface area contributed by atoms with Gasteiger partial charge in [-0.1, -0.05) is 24.6 Å². The van der Waals surface area contributed by atoms with Crippen molar-refractivity contribution in [3.8, 4) is 0 Å². The number of nitrogens with zero attached hydrogens (tertiary/aromatic N) is 1. The van der Waals surface area contributed by atoms with Gasteiger partial charge < -0.3 is 25.6 Å². The van der Waals surface area contributed by atoms with Crippen LogP contribution in [0, 0.1) is 6.92 Å². The highest BCUT2D eigenvalue weighted by Crippen LogP contribution is 2.42. The number of aromatic amines is 1. The minimum atomic E-state index is -0.585. The van der Waals surface area contributed by atoms with E-state index in [4.69, 9.17) is 0 Å². The average molecular weight is 449 g/mol. The second-order valence-electron chi connectivity index (χ2n) is 9.41. The van der Waals surface area contributed by atoms with E-state index in [0.717, 1.165) is 66.1 Å². The number of nitrogens with one attached hydrogen (secondary N) is 3. The number of piperidine rings is 1. The minimum Gasteiger partial charge on any atom is -0.390 e. The molecule has 3 aliphatic rings. The van der Waals surface area contributed by atoms with Crippen LogP contribution >= 0.6 is 0 Å². The molecule has 0 saturated carbocycles. The lowest BCUT2D eigenvalue weighted by Gasteiger charge is -2.28. The number of hydrogen-bond donors (Lipinski definition) is 4. The minimum absolute atomic E-state index is 0.0851. The number of allylic oxidation sites excluding steroid dienone is 1. The van der Waals surface area contributed by atoms with Gasteiger partial charge in [-0.15, -0.1) is 0 Å². The number of rotatable bonds is 5. The fourth-order valence-electron chi connectivity index (χ4n) is 5.53. The van der Waals surface area contributed by atoms with Crippen molar-refractivity contribution in [1.29, 1.82) is 0 Å². The summed E-state index contributed by atoms with van der Waals surface area (Å²) in [4.78, 5) is 31.6. The second kappa shape index (κ2) is 9.15. The molecule has 1 aromatic heterocycles. The molecule has 33 heavy (non-hydrogen) atoms. The number of fused-ring (bicyclic) bond motifs is 2. The van der Waals surface area contributed by atoms with Gasteiger partial charge in [-0.25, -0.2) is 0 Å². The summed E-state index contributed by atoms with van der Waals surface area (Å²) in [6, 6.07) is 7.74. The molecule has 1 fully saturated rings. The normalized spacial score (nSPS) is 21.3. The maximum absolute atomic E-state index is 13.1. The topological polar surface area (TPSA) is 97.5 Å². The molecule has 1 atom stereocenters. The summed E-state index contributed by atoms with van der Waals surface area (Å²) in [7, 11) is 0. The van der Waals surface area contributed by atoms with Gasteiger partial charge in [-0.05, 0) is 69.3 Å². The number of H-pyrrole nitrogens is 1. The molecule has 5 rings (SSSR count). The summed E-state index contributed by atoms with van der Waals surface area (Å²) < 4.78 is 0. The van der Waals surface area contributed by atoms with Crippen LogP contribution in [0.2, 0.25) is 0 Å². The largest absolute Gasteiger partial charge is 0.390 e. The lowest BCUT2D eigenvalue weighted by molar-refractivity contribution is -0.110. The number of benzene rings is 1. The van der Waals surface area contributed by atoms with Crippen molar-refractivity contribution in [2.24, 2.45) is 0 Å². The van der Waals surface area contributed by atoms with Crippen LogP contribution in [0.4, 0.5) is 5.69 Å². The predicted octanol–water partition coefficient (Wildman–Crippen LogP) is 3.10. The van der Waals surface area contributed by atoms with Gasteiger partial charge in [0.1, 0.15) is 0 Å². The average Bonchev–Trinajstić information content (AvgIpc) is 3.33. The Balaban J connectivity index is 1.37. The first kappa shape index (κ1) is 21.9. The Morgan fingerprint density at radius 3 is 2.76 bits per heavy atom. The highest BCUT2D eigenvalue weighted by Gasteiger charge is 2.32. The number of carbonyl (C=O) groups excluding carboxylic acids is 2. The molecule has 1 saturated heterocycles. The molecule has 0 bridgehead atoms. The molecule has 7 nitrogen and oxygen atoms in total. The zero-order chi connectivity index (χ0) is 22.9. The van der Waals surface area contributed by atoms with Gasteiger partial charge in [0.25, 0.3) is 11.8 Å². The number of amides is 2. The predicted molar refractivity (Wildman–Crippen MR) is 129 cm³/mol. The van der Waals surface area contributed by atoms with Crippen LogP contribution < -0.4 is 10.6 Å². The molecule has 174 valence electrons. The van der Waals surface area contributed by atoms with Crippen LogP contribution in [0.5, 0.6) is 0 Å². The summed E-state index contributed by atoms with van der Waals surface area (Å²) in [5.74, 6) is -0.247. The van der Waals surface area contributed by atoms with Crippen molar-refractivity contribution >= 4 is 28.6 Å². The first-order valence-electron chi connectivity index (χ1n) is 12.1. The van der Waals surface area contributed by atoms with Gasteiger partial charge in [0.15, 0.2) is 0 Å². The van der Waals surface area contributed by atoms with E-state index < -0.39 is 6.10 Å². The van der Waals surface area contributed by atoms with Gasteiger partial charge in [0.2, 0.25) is 0 Å². The van der Waals surface area contributed by atoms with Crippen molar-refractivity contribution < 1.29 is 14.7 Å². The number of hydrogen-bond acceptors (Lipinski definition) is 4. The highest BCUT2D eigenvalue weighted by atomic mass is 16.3. The molecular formula is C26H32N4O3. The van der Waals surface area contributed by atoms with E-state index in [1.54, 1.807) is 0 Å². The third-order valence-electron chi connectivity index (χ3n) is 7.06. The number of β-amino-alcohol motifs (C(OH)–C–C–N with tert-alkyl or cyclic N) is 1. The Kier molecular flexibility index (Phi) is 6.08. The summed E-state index contributed by atoms with van der Waals surface area (Å²) in [6.07, 6.45) is 5.49. The van der Waals surface area contributed by atoms with E-state index in [0.29, 0.717) is 17.7 Å². The Morgan fingerprint density at radius 2 is 1.94 bits per heavy atom. The fourth-order valence-corrected chi connectivity index (χ4v) is 5.53. The van der Waals surface area contributed by atoms with Gasteiger partial charge >= 0.3 is 0 Å². The Labute approximate surface area is 194 Å². The number of anilines is 1. The number of para-hydroxylation sites is 1. The number of aromatic nitrogens is 1. The van der Waals surface area contributed by atoms with Crippen molar-refractivity contribution in [3.05, 3.63) is 52.3 Å². The lowest BCUT2D eigenvalue weighted by atomic mass is 9.86.